The van der Waals surface area contributed by atoms with E-state index in [1.54, 1.807) is 0 Å². The van der Waals surface area contributed by atoms with Crippen LogP contribution in [0.4, 0.5) is 0 Å². The Morgan fingerprint density at radius 2 is 1.00 bits per heavy atom. The average Bonchev–Trinajstić information content (AvgIpc) is 2.73. The minimum absolute atomic E-state index is 0.109. The second-order valence-electron chi connectivity index (χ2n) is 8.33. The van der Waals surface area contributed by atoms with Crippen LogP contribution >= 0.6 is 0 Å². The van der Waals surface area contributed by atoms with Crippen molar-refractivity contribution >= 4 is 11.9 Å². The van der Waals surface area contributed by atoms with Gasteiger partial charge in [0.1, 0.15) is 12.7 Å². The number of rotatable bonds is 20. The van der Waals surface area contributed by atoms with E-state index >= 15 is 0 Å². The molecule has 0 fully saturated rings. The lowest BCUT2D eigenvalue weighted by Gasteiger charge is -2.21. The molecule has 0 bridgehead atoms. The molecule has 0 aliphatic carbocycles. The highest BCUT2D eigenvalue weighted by Gasteiger charge is 2.14. The van der Waals surface area contributed by atoms with E-state index in [4.69, 9.17) is 23.7 Å². The third kappa shape index (κ3) is 19.2. The van der Waals surface area contributed by atoms with E-state index in [9.17, 15) is 9.59 Å². The summed E-state index contributed by atoms with van der Waals surface area (Å²) in [5.74, 6) is -0.333. The van der Waals surface area contributed by atoms with Gasteiger partial charge in [-0.25, -0.2) is 0 Å². The largest absolute Gasteiger partial charge is 0.463 e. The van der Waals surface area contributed by atoms with Crippen molar-refractivity contribution in [3.63, 3.8) is 0 Å². The molecule has 7 nitrogen and oxygen atoms in total. The Hall–Kier alpha value is -1.18. The van der Waals surface area contributed by atoms with Crippen LogP contribution in [-0.2, 0) is 33.3 Å². The van der Waals surface area contributed by atoms with Crippen LogP contribution in [0.2, 0.25) is 0 Å². The Labute approximate surface area is 189 Å². The van der Waals surface area contributed by atoms with E-state index in [1.807, 2.05) is 27.7 Å². The van der Waals surface area contributed by atoms with E-state index in [-0.39, 0.29) is 43.0 Å². The molecule has 4 unspecified atom stereocenters. The summed E-state index contributed by atoms with van der Waals surface area (Å²) in [6.45, 7) is 13.2. The second kappa shape index (κ2) is 19.5. The maximum absolute atomic E-state index is 11.7. The van der Waals surface area contributed by atoms with Gasteiger partial charge in [-0.15, -0.1) is 0 Å². The zero-order chi connectivity index (χ0) is 23.5. The summed E-state index contributed by atoms with van der Waals surface area (Å²) in [6, 6.07) is 0. The minimum atomic E-state index is -0.275. The summed E-state index contributed by atoms with van der Waals surface area (Å²) in [5, 5.41) is 0. The molecule has 0 radical (unpaired) electrons. The van der Waals surface area contributed by atoms with Crippen LogP contribution in [0.25, 0.3) is 0 Å². The van der Waals surface area contributed by atoms with Crippen molar-refractivity contribution in [2.45, 2.75) is 117 Å². The summed E-state index contributed by atoms with van der Waals surface area (Å²) in [4.78, 5) is 23.3. The highest BCUT2D eigenvalue weighted by molar-refractivity contribution is 5.69. The third-order valence-electron chi connectivity index (χ3n) is 4.63. The highest BCUT2D eigenvalue weighted by atomic mass is 16.6. The number of unbranched alkanes of at least 4 members (excludes halogenated alkanes) is 4. The average molecular weight is 447 g/mol. The molecule has 31 heavy (non-hydrogen) atoms. The summed E-state index contributed by atoms with van der Waals surface area (Å²) < 4.78 is 27.7. The molecule has 0 N–H and O–H groups in total. The van der Waals surface area contributed by atoms with Gasteiger partial charge in [0.15, 0.2) is 0 Å². The van der Waals surface area contributed by atoms with E-state index in [0.717, 1.165) is 38.5 Å². The van der Waals surface area contributed by atoms with Crippen molar-refractivity contribution < 1.29 is 33.3 Å². The molecule has 0 saturated carbocycles. The van der Waals surface area contributed by atoms with Crippen molar-refractivity contribution in [3.05, 3.63) is 0 Å². The predicted molar refractivity (Wildman–Crippen MR) is 121 cm³/mol. The van der Waals surface area contributed by atoms with Crippen LogP contribution in [0.1, 0.15) is 92.9 Å². The molecule has 0 amide bonds. The predicted octanol–water partition coefficient (Wildman–Crippen LogP) is 4.84. The Morgan fingerprint density at radius 1 is 0.581 bits per heavy atom. The molecule has 184 valence electrons. The standard InChI is InChI=1S/C24H46O7/c1-7-9-11-13-23(25)30-17-21(5)28-15-19(3)27-16-20(4)29-18-22(6)31-24(26)14-12-10-8-2/h19-22H,7-18H2,1-6H3. The monoisotopic (exact) mass is 446 g/mol. The molecule has 0 rings (SSSR count). The fourth-order valence-electron chi connectivity index (χ4n) is 2.68. The summed E-state index contributed by atoms with van der Waals surface area (Å²) in [6.07, 6.45) is 6.24. The Balaban J connectivity index is 3.80. The molecule has 0 aliphatic heterocycles. The fraction of sp³-hybridized carbons (Fsp3) is 0.917. The normalized spacial score (nSPS) is 15.2. The third-order valence-corrected chi connectivity index (χ3v) is 4.63. The maximum Gasteiger partial charge on any atom is 0.306 e. The number of carbonyl (C=O) groups is 2. The van der Waals surface area contributed by atoms with Crippen LogP contribution in [0, 0.1) is 0 Å². The minimum Gasteiger partial charge on any atom is -0.463 e. The summed E-state index contributed by atoms with van der Waals surface area (Å²) in [5.41, 5.74) is 0. The lowest BCUT2D eigenvalue weighted by atomic mass is 10.2. The van der Waals surface area contributed by atoms with Gasteiger partial charge in [0.05, 0.1) is 38.1 Å². The Kier molecular flexibility index (Phi) is 18.8. The molecular weight excluding hydrogens is 400 g/mol. The summed E-state index contributed by atoms with van der Waals surface area (Å²) >= 11 is 0. The van der Waals surface area contributed by atoms with Gasteiger partial charge >= 0.3 is 11.9 Å². The van der Waals surface area contributed by atoms with E-state index < -0.39 is 0 Å². The Morgan fingerprint density at radius 3 is 1.48 bits per heavy atom. The van der Waals surface area contributed by atoms with E-state index in [0.29, 0.717) is 32.7 Å². The number of hydrogen-bond donors (Lipinski definition) is 0. The molecule has 0 aliphatic rings. The first-order chi connectivity index (χ1) is 14.8. The van der Waals surface area contributed by atoms with Crippen LogP contribution < -0.4 is 0 Å². The molecule has 0 saturated heterocycles. The lowest BCUT2D eigenvalue weighted by Crippen LogP contribution is -2.29. The SMILES string of the molecule is CCCCCC(=O)OCC(C)OCC(C)OCC(C)OCC(C)OC(=O)CCCCC. The van der Waals surface area contributed by atoms with Crippen LogP contribution in [-0.4, -0.2) is 62.8 Å². The van der Waals surface area contributed by atoms with Crippen LogP contribution in [0.3, 0.4) is 0 Å². The van der Waals surface area contributed by atoms with Crippen molar-refractivity contribution in [1.29, 1.82) is 0 Å². The van der Waals surface area contributed by atoms with Crippen molar-refractivity contribution in [2.24, 2.45) is 0 Å². The lowest BCUT2D eigenvalue weighted by molar-refractivity contribution is -0.153. The number of carbonyl (C=O) groups excluding carboxylic acids is 2. The quantitative estimate of drug-likeness (QED) is 0.196. The molecule has 4 atom stereocenters. The number of ether oxygens (including phenoxy) is 5. The number of esters is 2. The first kappa shape index (κ1) is 29.8. The van der Waals surface area contributed by atoms with Gasteiger partial charge < -0.3 is 23.7 Å². The van der Waals surface area contributed by atoms with E-state index in [1.165, 1.54) is 0 Å². The molecule has 0 aromatic carbocycles. The molecular formula is C24H46O7. The molecule has 0 heterocycles. The van der Waals surface area contributed by atoms with Crippen LogP contribution in [0.15, 0.2) is 0 Å². The first-order valence-electron chi connectivity index (χ1n) is 12.0. The van der Waals surface area contributed by atoms with Gasteiger partial charge in [-0.1, -0.05) is 39.5 Å². The zero-order valence-electron chi connectivity index (χ0n) is 20.7. The number of hydrogen-bond acceptors (Lipinski definition) is 7. The van der Waals surface area contributed by atoms with Gasteiger partial charge in [0.2, 0.25) is 0 Å². The van der Waals surface area contributed by atoms with Gasteiger partial charge in [-0.3, -0.25) is 9.59 Å². The van der Waals surface area contributed by atoms with Gasteiger partial charge in [-0.05, 0) is 40.5 Å². The van der Waals surface area contributed by atoms with Gasteiger partial charge in [0.25, 0.3) is 0 Å². The maximum atomic E-state index is 11.7. The van der Waals surface area contributed by atoms with Gasteiger partial charge in [-0.2, -0.15) is 0 Å². The van der Waals surface area contributed by atoms with E-state index in [2.05, 4.69) is 13.8 Å². The topological polar surface area (TPSA) is 80.3 Å². The smallest absolute Gasteiger partial charge is 0.306 e. The molecule has 0 aromatic rings. The van der Waals surface area contributed by atoms with Gasteiger partial charge in [0, 0.05) is 12.8 Å². The van der Waals surface area contributed by atoms with Crippen molar-refractivity contribution in [2.75, 3.05) is 26.4 Å². The van der Waals surface area contributed by atoms with Crippen molar-refractivity contribution in [1.82, 2.24) is 0 Å². The highest BCUT2D eigenvalue weighted by Crippen LogP contribution is 2.06. The summed E-state index contributed by atoms with van der Waals surface area (Å²) in [7, 11) is 0. The molecule has 0 aromatic heterocycles. The zero-order valence-corrected chi connectivity index (χ0v) is 20.7. The van der Waals surface area contributed by atoms with Crippen LogP contribution in [0.5, 0.6) is 0 Å². The molecule has 0 spiro atoms. The fourth-order valence-corrected chi connectivity index (χ4v) is 2.68. The second-order valence-corrected chi connectivity index (χ2v) is 8.33. The molecule has 7 heteroatoms. The first-order valence-corrected chi connectivity index (χ1v) is 12.0. The van der Waals surface area contributed by atoms with Crippen molar-refractivity contribution in [3.8, 4) is 0 Å². The Bertz CT molecular complexity index is 455.